The standard InChI is InChI=1S/C30H32FN3O2/c1-3-32-21-26(24-11-4-6-13-28(24)32)25(22-9-8-10-23(19-22)36-2)20-30(35)34-17-15-33(16-18-34)29-14-7-5-12-27(29)31/h4-14,19,21,25H,3,15-18,20H2,1-2H3. The first-order valence-electron chi connectivity index (χ1n) is 12.6. The summed E-state index contributed by atoms with van der Waals surface area (Å²) in [6.45, 7) is 5.38. The smallest absolute Gasteiger partial charge is 0.223 e. The molecule has 1 atom stereocenters. The minimum atomic E-state index is -0.220. The molecular formula is C30H32FN3O2. The van der Waals surface area contributed by atoms with Crippen LogP contribution in [0, 0.1) is 5.82 Å². The first-order chi connectivity index (χ1) is 17.6. The van der Waals surface area contributed by atoms with Gasteiger partial charge in [0.25, 0.3) is 0 Å². The Bertz CT molecular complexity index is 1360. The number of aromatic nitrogens is 1. The third kappa shape index (κ3) is 4.68. The van der Waals surface area contributed by atoms with Gasteiger partial charge in [0, 0.05) is 62.2 Å². The molecule has 1 amide bonds. The van der Waals surface area contributed by atoms with E-state index in [1.807, 2.05) is 34.1 Å². The fourth-order valence-electron chi connectivity index (χ4n) is 5.29. The number of para-hydroxylation sites is 2. The second kappa shape index (κ2) is 10.4. The number of methoxy groups -OCH3 is 1. The van der Waals surface area contributed by atoms with Crippen LogP contribution in [0.4, 0.5) is 10.1 Å². The number of piperazine rings is 1. The van der Waals surface area contributed by atoms with Crippen LogP contribution in [0.15, 0.2) is 79.0 Å². The lowest BCUT2D eigenvalue weighted by atomic mass is 9.87. The molecule has 0 saturated carbocycles. The average molecular weight is 486 g/mol. The van der Waals surface area contributed by atoms with Gasteiger partial charge in [0.2, 0.25) is 5.91 Å². The molecule has 0 bridgehead atoms. The molecule has 0 spiro atoms. The number of ether oxygens (including phenoxy) is 1. The number of carbonyl (C=O) groups excluding carboxylic acids is 1. The number of halogens is 1. The second-order valence-electron chi connectivity index (χ2n) is 9.24. The van der Waals surface area contributed by atoms with E-state index in [0.29, 0.717) is 38.3 Å². The van der Waals surface area contributed by atoms with Crippen molar-refractivity contribution in [3.05, 3.63) is 95.9 Å². The van der Waals surface area contributed by atoms with Crippen LogP contribution in [0.5, 0.6) is 5.75 Å². The summed E-state index contributed by atoms with van der Waals surface area (Å²) in [5.41, 5.74) is 3.99. The summed E-state index contributed by atoms with van der Waals surface area (Å²) in [5, 5.41) is 1.17. The Kier molecular flexibility index (Phi) is 6.94. The van der Waals surface area contributed by atoms with Crippen molar-refractivity contribution in [1.82, 2.24) is 9.47 Å². The number of anilines is 1. The molecule has 1 aromatic heterocycles. The van der Waals surface area contributed by atoms with Gasteiger partial charge in [-0.2, -0.15) is 0 Å². The van der Waals surface area contributed by atoms with E-state index in [1.54, 1.807) is 19.2 Å². The minimum absolute atomic E-state index is 0.102. The number of hydrogen-bond acceptors (Lipinski definition) is 3. The molecule has 36 heavy (non-hydrogen) atoms. The fourth-order valence-corrected chi connectivity index (χ4v) is 5.29. The van der Waals surface area contributed by atoms with Crippen molar-refractivity contribution in [2.24, 2.45) is 0 Å². The van der Waals surface area contributed by atoms with Crippen LogP contribution >= 0.6 is 0 Å². The molecule has 1 aliphatic rings. The van der Waals surface area contributed by atoms with Gasteiger partial charge >= 0.3 is 0 Å². The molecule has 2 heterocycles. The summed E-state index contributed by atoms with van der Waals surface area (Å²) in [6.07, 6.45) is 2.56. The molecule has 4 aromatic rings. The van der Waals surface area contributed by atoms with Crippen molar-refractivity contribution in [1.29, 1.82) is 0 Å². The molecule has 6 heteroatoms. The first kappa shape index (κ1) is 23.9. The summed E-state index contributed by atoms with van der Waals surface area (Å²) < 4.78 is 22.0. The van der Waals surface area contributed by atoms with E-state index in [2.05, 4.69) is 48.0 Å². The van der Waals surface area contributed by atoms with Crippen LogP contribution in [0.2, 0.25) is 0 Å². The number of rotatable bonds is 7. The van der Waals surface area contributed by atoms with Crippen molar-refractivity contribution < 1.29 is 13.9 Å². The van der Waals surface area contributed by atoms with Crippen molar-refractivity contribution in [3.63, 3.8) is 0 Å². The molecule has 1 fully saturated rings. The monoisotopic (exact) mass is 485 g/mol. The number of hydrogen-bond donors (Lipinski definition) is 0. The zero-order valence-corrected chi connectivity index (χ0v) is 20.9. The normalized spacial score (nSPS) is 14.8. The summed E-state index contributed by atoms with van der Waals surface area (Å²) in [7, 11) is 1.66. The molecule has 1 unspecified atom stereocenters. The Morgan fingerprint density at radius 1 is 0.972 bits per heavy atom. The molecule has 0 N–H and O–H groups in total. The highest BCUT2D eigenvalue weighted by atomic mass is 19.1. The Hall–Kier alpha value is -3.80. The topological polar surface area (TPSA) is 37.7 Å². The molecule has 0 aliphatic carbocycles. The van der Waals surface area contributed by atoms with Gasteiger partial charge in [-0.15, -0.1) is 0 Å². The highest BCUT2D eigenvalue weighted by Gasteiger charge is 2.28. The number of amides is 1. The quantitative estimate of drug-likeness (QED) is 0.338. The maximum atomic E-state index is 14.3. The van der Waals surface area contributed by atoms with Crippen LogP contribution in [0.3, 0.4) is 0 Å². The summed E-state index contributed by atoms with van der Waals surface area (Å²) in [4.78, 5) is 17.6. The van der Waals surface area contributed by atoms with Crippen molar-refractivity contribution >= 4 is 22.5 Å². The van der Waals surface area contributed by atoms with Gasteiger partial charge in [-0.05, 0) is 48.4 Å². The predicted molar refractivity (Wildman–Crippen MR) is 142 cm³/mol. The lowest BCUT2D eigenvalue weighted by molar-refractivity contribution is -0.131. The lowest BCUT2D eigenvalue weighted by Crippen LogP contribution is -2.49. The Labute approximate surface area is 211 Å². The zero-order valence-electron chi connectivity index (χ0n) is 20.9. The number of nitrogens with zero attached hydrogens (tertiary/aromatic N) is 3. The molecule has 3 aromatic carbocycles. The second-order valence-corrected chi connectivity index (χ2v) is 9.24. The third-order valence-electron chi connectivity index (χ3n) is 7.24. The van der Waals surface area contributed by atoms with E-state index in [-0.39, 0.29) is 17.6 Å². The van der Waals surface area contributed by atoms with Crippen molar-refractivity contribution in [2.45, 2.75) is 25.8 Å². The average Bonchev–Trinajstić information content (AvgIpc) is 3.30. The van der Waals surface area contributed by atoms with Gasteiger partial charge in [0.1, 0.15) is 11.6 Å². The number of benzene rings is 3. The van der Waals surface area contributed by atoms with E-state index >= 15 is 0 Å². The van der Waals surface area contributed by atoms with Crippen LogP contribution in [0.1, 0.15) is 30.4 Å². The molecule has 1 aliphatic heterocycles. The van der Waals surface area contributed by atoms with E-state index in [9.17, 15) is 9.18 Å². The zero-order chi connectivity index (χ0) is 25.1. The summed E-state index contributed by atoms with van der Waals surface area (Å²) in [5.74, 6) is 0.574. The van der Waals surface area contributed by atoms with Gasteiger partial charge < -0.3 is 19.1 Å². The number of carbonyl (C=O) groups is 1. The van der Waals surface area contributed by atoms with Gasteiger partial charge in [-0.3, -0.25) is 4.79 Å². The molecule has 5 nitrogen and oxygen atoms in total. The Morgan fingerprint density at radius 3 is 2.47 bits per heavy atom. The predicted octanol–water partition coefficient (Wildman–Crippen LogP) is 5.68. The molecule has 186 valence electrons. The molecule has 1 saturated heterocycles. The number of aryl methyl sites for hydroxylation is 1. The highest BCUT2D eigenvalue weighted by Crippen LogP contribution is 2.36. The fraction of sp³-hybridized carbons (Fsp3) is 0.300. The molecule has 0 radical (unpaired) electrons. The van der Waals surface area contributed by atoms with Gasteiger partial charge in [-0.25, -0.2) is 4.39 Å². The van der Waals surface area contributed by atoms with Crippen molar-refractivity contribution in [3.8, 4) is 5.75 Å². The van der Waals surface area contributed by atoms with Gasteiger partial charge in [0.05, 0.1) is 12.8 Å². The van der Waals surface area contributed by atoms with Crippen LogP contribution in [0.25, 0.3) is 10.9 Å². The van der Waals surface area contributed by atoms with Gasteiger partial charge in [-0.1, -0.05) is 42.5 Å². The lowest BCUT2D eigenvalue weighted by Gasteiger charge is -2.36. The number of fused-ring (bicyclic) bond motifs is 1. The summed E-state index contributed by atoms with van der Waals surface area (Å²) in [6, 6.07) is 23.2. The molecular weight excluding hydrogens is 453 g/mol. The first-order valence-corrected chi connectivity index (χ1v) is 12.6. The Morgan fingerprint density at radius 2 is 1.72 bits per heavy atom. The van der Waals surface area contributed by atoms with Crippen LogP contribution in [-0.4, -0.2) is 48.7 Å². The largest absolute Gasteiger partial charge is 0.497 e. The third-order valence-corrected chi connectivity index (χ3v) is 7.24. The van der Waals surface area contributed by atoms with Gasteiger partial charge in [0.15, 0.2) is 0 Å². The van der Waals surface area contributed by atoms with Crippen molar-refractivity contribution in [2.75, 3.05) is 38.2 Å². The maximum absolute atomic E-state index is 14.3. The van der Waals surface area contributed by atoms with E-state index in [0.717, 1.165) is 23.4 Å². The molecule has 5 rings (SSSR count). The minimum Gasteiger partial charge on any atom is -0.497 e. The van der Waals surface area contributed by atoms with E-state index in [1.165, 1.54) is 17.0 Å². The van der Waals surface area contributed by atoms with Crippen LogP contribution < -0.4 is 9.64 Å². The SMILES string of the molecule is CCn1cc(C(CC(=O)N2CCN(c3ccccc3F)CC2)c2cccc(OC)c2)c2ccccc21. The summed E-state index contributed by atoms with van der Waals surface area (Å²) >= 11 is 0. The van der Waals surface area contributed by atoms with E-state index in [4.69, 9.17) is 4.74 Å². The van der Waals surface area contributed by atoms with Crippen LogP contribution in [-0.2, 0) is 11.3 Å². The van der Waals surface area contributed by atoms with E-state index < -0.39 is 0 Å². The highest BCUT2D eigenvalue weighted by molar-refractivity contribution is 5.87. The maximum Gasteiger partial charge on any atom is 0.223 e. The Balaban J connectivity index is 1.41.